The van der Waals surface area contributed by atoms with Crippen LogP contribution in [-0.2, 0) is 14.6 Å². The molecule has 3 fully saturated rings. The predicted molar refractivity (Wildman–Crippen MR) is 102 cm³/mol. The molecule has 1 aromatic heterocycles. The van der Waals surface area contributed by atoms with Crippen molar-refractivity contribution in [3.63, 3.8) is 0 Å². The molecular weight excluding hydrogens is 366 g/mol. The zero-order chi connectivity index (χ0) is 18.9. The van der Waals surface area contributed by atoms with Crippen LogP contribution in [0.2, 0.25) is 0 Å². The van der Waals surface area contributed by atoms with Gasteiger partial charge < -0.3 is 9.80 Å². The molecular formula is C18H27N5O3S. The molecule has 0 aliphatic carbocycles. The first-order valence-corrected chi connectivity index (χ1v) is 11.6. The van der Waals surface area contributed by atoms with E-state index in [2.05, 4.69) is 19.8 Å². The summed E-state index contributed by atoms with van der Waals surface area (Å²) in [5.41, 5.74) is 0. The smallest absolute Gasteiger partial charge is 0.227 e. The highest BCUT2D eigenvalue weighted by atomic mass is 32.2. The maximum absolute atomic E-state index is 13.0. The van der Waals surface area contributed by atoms with Gasteiger partial charge in [0.2, 0.25) is 11.9 Å². The van der Waals surface area contributed by atoms with Crippen molar-refractivity contribution in [2.45, 2.75) is 25.3 Å². The zero-order valence-corrected chi connectivity index (χ0v) is 16.4. The molecule has 27 heavy (non-hydrogen) atoms. The SMILES string of the molecule is O=C([C@H]1CCCN(c2ncccn2)C1)N1CCN([C@H]2CCS(=O)(=O)C2)CC1. The number of anilines is 1. The normalized spacial score (nSPS) is 29.0. The molecule has 0 N–H and O–H groups in total. The van der Waals surface area contributed by atoms with Crippen LogP contribution in [0.25, 0.3) is 0 Å². The van der Waals surface area contributed by atoms with Gasteiger partial charge >= 0.3 is 0 Å². The Morgan fingerprint density at radius 1 is 1.04 bits per heavy atom. The Balaban J connectivity index is 1.31. The summed E-state index contributed by atoms with van der Waals surface area (Å²) in [7, 11) is -2.86. The standard InChI is InChI=1S/C18H27N5O3S/c24-17(15-3-1-7-23(13-15)18-19-5-2-6-20-18)22-10-8-21(9-11-22)16-4-12-27(25,26)14-16/h2,5-6,15-16H,1,3-4,7-14H2/t15-,16-/m0/s1. The number of piperidine rings is 1. The zero-order valence-electron chi connectivity index (χ0n) is 15.5. The Kier molecular flexibility index (Phi) is 5.32. The van der Waals surface area contributed by atoms with Crippen molar-refractivity contribution in [1.82, 2.24) is 19.8 Å². The van der Waals surface area contributed by atoms with E-state index in [1.54, 1.807) is 18.5 Å². The monoisotopic (exact) mass is 393 g/mol. The van der Waals surface area contributed by atoms with E-state index in [1.807, 2.05) is 4.90 Å². The van der Waals surface area contributed by atoms with Gasteiger partial charge in [-0.2, -0.15) is 0 Å². The van der Waals surface area contributed by atoms with Gasteiger partial charge in [-0.15, -0.1) is 0 Å². The maximum Gasteiger partial charge on any atom is 0.227 e. The average Bonchev–Trinajstić information content (AvgIpc) is 3.08. The van der Waals surface area contributed by atoms with Gasteiger partial charge in [0.1, 0.15) is 0 Å². The predicted octanol–water partition coefficient (Wildman–Crippen LogP) is 0.0243. The van der Waals surface area contributed by atoms with Crippen LogP contribution >= 0.6 is 0 Å². The third-order valence-electron chi connectivity index (χ3n) is 5.96. The van der Waals surface area contributed by atoms with E-state index in [-0.39, 0.29) is 23.6 Å². The van der Waals surface area contributed by atoms with Crippen molar-refractivity contribution in [3.05, 3.63) is 18.5 Å². The van der Waals surface area contributed by atoms with Crippen LogP contribution in [0, 0.1) is 5.92 Å². The molecule has 2 atom stereocenters. The number of hydrogen-bond acceptors (Lipinski definition) is 7. The summed E-state index contributed by atoms with van der Waals surface area (Å²) in [5.74, 6) is 1.48. The maximum atomic E-state index is 13.0. The van der Waals surface area contributed by atoms with Crippen LogP contribution in [0.3, 0.4) is 0 Å². The summed E-state index contributed by atoms with van der Waals surface area (Å²) in [4.78, 5) is 27.9. The van der Waals surface area contributed by atoms with Crippen molar-refractivity contribution < 1.29 is 13.2 Å². The second kappa shape index (κ2) is 7.71. The van der Waals surface area contributed by atoms with Gasteiger partial charge in [0, 0.05) is 57.7 Å². The Labute approximate surface area is 160 Å². The lowest BCUT2D eigenvalue weighted by molar-refractivity contribution is -0.137. The molecule has 0 unspecified atom stereocenters. The molecule has 0 aromatic carbocycles. The molecule has 0 saturated carbocycles. The van der Waals surface area contributed by atoms with Gasteiger partial charge in [-0.1, -0.05) is 0 Å². The fraction of sp³-hybridized carbons (Fsp3) is 0.722. The number of aromatic nitrogens is 2. The van der Waals surface area contributed by atoms with Crippen LogP contribution in [0.5, 0.6) is 0 Å². The number of carbonyl (C=O) groups excluding carboxylic acids is 1. The van der Waals surface area contributed by atoms with Crippen LogP contribution in [-0.4, -0.2) is 90.9 Å². The largest absolute Gasteiger partial charge is 0.340 e. The van der Waals surface area contributed by atoms with Gasteiger partial charge in [0.15, 0.2) is 9.84 Å². The van der Waals surface area contributed by atoms with E-state index in [0.29, 0.717) is 31.3 Å². The summed E-state index contributed by atoms with van der Waals surface area (Å²) < 4.78 is 23.4. The molecule has 3 aliphatic heterocycles. The van der Waals surface area contributed by atoms with Crippen molar-refractivity contribution >= 4 is 21.7 Å². The second-order valence-electron chi connectivity index (χ2n) is 7.75. The van der Waals surface area contributed by atoms with E-state index >= 15 is 0 Å². The number of nitrogens with zero attached hydrogens (tertiary/aromatic N) is 5. The molecule has 8 nitrogen and oxygen atoms in total. The number of piperazine rings is 1. The lowest BCUT2D eigenvalue weighted by Crippen LogP contribution is -2.54. The minimum absolute atomic E-state index is 0.0130. The summed E-state index contributed by atoms with van der Waals surface area (Å²) >= 11 is 0. The molecule has 4 rings (SSSR count). The molecule has 1 aromatic rings. The van der Waals surface area contributed by atoms with E-state index in [4.69, 9.17) is 0 Å². The van der Waals surface area contributed by atoms with Crippen LogP contribution in [0.4, 0.5) is 5.95 Å². The molecule has 3 saturated heterocycles. The quantitative estimate of drug-likeness (QED) is 0.716. The number of rotatable bonds is 3. The fourth-order valence-electron chi connectivity index (χ4n) is 4.44. The topological polar surface area (TPSA) is 86.7 Å². The number of amides is 1. The molecule has 9 heteroatoms. The molecule has 1 amide bonds. The Morgan fingerprint density at radius 3 is 2.44 bits per heavy atom. The fourth-order valence-corrected chi connectivity index (χ4v) is 6.21. The van der Waals surface area contributed by atoms with Gasteiger partial charge in [0.05, 0.1) is 17.4 Å². The molecule has 4 heterocycles. The first-order chi connectivity index (χ1) is 13.0. The first kappa shape index (κ1) is 18.6. The highest BCUT2D eigenvalue weighted by Crippen LogP contribution is 2.24. The number of hydrogen-bond donors (Lipinski definition) is 0. The van der Waals surface area contributed by atoms with E-state index in [9.17, 15) is 13.2 Å². The van der Waals surface area contributed by atoms with Crippen molar-refractivity contribution in [2.75, 3.05) is 55.7 Å². The van der Waals surface area contributed by atoms with Gasteiger partial charge in [-0.05, 0) is 25.3 Å². The minimum atomic E-state index is -2.86. The molecule has 0 bridgehead atoms. The second-order valence-corrected chi connectivity index (χ2v) is 9.98. The lowest BCUT2D eigenvalue weighted by Gasteiger charge is -2.40. The third kappa shape index (κ3) is 4.24. The van der Waals surface area contributed by atoms with Gasteiger partial charge in [-0.3, -0.25) is 9.69 Å². The van der Waals surface area contributed by atoms with Crippen molar-refractivity contribution in [1.29, 1.82) is 0 Å². The van der Waals surface area contributed by atoms with E-state index in [1.165, 1.54) is 0 Å². The summed E-state index contributed by atoms with van der Waals surface area (Å²) in [6.07, 6.45) is 6.06. The van der Waals surface area contributed by atoms with Gasteiger partial charge in [-0.25, -0.2) is 18.4 Å². The number of sulfone groups is 1. The minimum Gasteiger partial charge on any atom is -0.340 e. The van der Waals surface area contributed by atoms with E-state index in [0.717, 1.165) is 38.9 Å². The Hall–Kier alpha value is -1.74. The third-order valence-corrected chi connectivity index (χ3v) is 7.71. The summed E-state index contributed by atoms with van der Waals surface area (Å²) in [6.45, 7) is 4.47. The molecule has 0 spiro atoms. The average molecular weight is 394 g/mol. The van der Waals surface area contributed by atoms with Crippen LogP contribution in [0.15, 0.2) is 18.5 Å². The van der Waals surface area contributed by atoms with Gasteiger partial charge in [0.25, 0.3) is 0 Å². The highest BCUT2D eigenvalue weighted by molar-refractivity contribution is 7.91. The molecule has 3 aliphatic rings. The summed E-state index contributed by atoms with van der Waals surface area (Å²) in [5, 5.41) is 0. The number of carbonyl (C=O) groups is 1. The Morgan fingerprint density at radius 2 is 1.78 bits per heavy atom. The van der Waals surface area contributed by atoms with E-state index < -0.39 is 9.84 Å². The lowest BCUT2D eigenvalue weighted by atomic mass is 9.96. The van der Waals surface area contributed by atoms with Crippen LogP contribution in [0.1, 0.15) is 19.3 Å². The van der Waals surface area contributed by atoms with Crippen molar-refractivity contribution in [3.8, 4) is 0 Å². The van der Waals surface area contributed by atoms with Crippen LogP contribution < -0.4 is 4.90 Å². The molecule has 0 radical (unpaired) electrons. The molecule has 148 valence electrons. The van der Waals surface area contributed by atoms with Crippen molar-refractivity contribution in [2.24, 2.45) is 5.92 Å². The summed E-state index contributed by atoms with van der Waals surface area (Å²) in [6, 6.07) is 1.93. The Bertz CT molecular complexity index is 764. The highest BCUT2D eigenvalue weighted by Gasteiger charge is 2.36. The first-order valence-electron chi connectivity index (χ1n) is 9.77.